The molecule has 3 aromatic rings. The van der Waals surface area contributed by atoms with Crippen LogP contribution in [0.25, 0.3) is 0 Å². The number of nitrogens with zero attached hydrogens (tertiary/aromatic N) is 2. The van der Waals surface area contributed by atoms with Crippen molar-refractivity contribution >= 4 is 40.8 Å². The van der Waals surface area contributed by atoms with Gasteiger partial charge in [0.05, 0.1) is 20.1 Å². The monoisotopic (exact) mass is 670 g/mol. The van der Waals surface area contributed by atoms with Crippen LogP contribution in [0.4, 0.5) is 5.69 Å². The smallest absolute Gasteiger partial charge is 0.306 e. The van der Waals surface area contributed by atoms with Crippen LogP contribution in [0.2, 0.25) is 10.0 Å². The molecule has 0 aromatic heterocycles. The number of aryl methyl sites for hydroxylation is 1. The minimum absolute atomic E-state index is 0.269. The van der Waals surface area contributed by atoms with Gasteiger partial charge in [-0.1, -0.05) is 74.3 Å². The molecule has 10 heteroatoms. The van der Waals surface area contributed by atoms with E-state index in [9.17, 15) is 14.7 Å². The average molecular weight is 672 g/mol. The van der Waals surface area contributed by atoms with Gasteiger partial charge in [0.25, 0.3) is 5.91 Å². The van der Waals surface area contributed by atoms with Gasteiger partial charge >= 0.3 is 5.97 Å². The van der Waals surface area contributed by atoms with Gasteiger partial charge in [0.15, 0.2) is 11.5 Å². The molecule has 1 aliphatic heterocycles. The fraction of sp³-hybridized carbons (Fsp3) is 0.444. The summed E-state index contributed by atoms with van der Waals surface area (Å²) in [5.41, 5.74) is 2.77. The van der Waals surface area contributed by atoms with Crippen LogP contribution < -0.4 is 14.4 Å². The molecule has 2 atom stereocenters. The second-order valence-electron chi connectivity index (χ2n) is 12.9. The van der Waals surface area contributed by atoms with E-state index in [2.05, 4.69) is 18.0 Å². The zero-order valence-corrected chi connectivity index (χ0v) is 28.7. The molecule has 0 saturated heterocycles. The lowest BCUT2D eigenvalue weighted by Crippen LogP contribution is -2.44. The molecule has 0 saturated carbocycles. The number of carbonyl (C=O) groups excluding carboxylic acids is 1. The predicted molar refractivity (Wildman–Crippen MR) is 183 cm³/mol. The van der Waals surface area contributed by atoms with Crippen molar-refractivity contribution in [1.29, 1.82) is 0 Å². The highest BCUT2D eigenvalue weighted by Gasteiger charge is 2.40. The Morgan fingerprint density at radius 2 is 1.76 bits per heavy atom. The molecule has 248 valence electrons. The maximum Gasteiger partial charge on any atom is 0.306 e. The second kappa shape index (κ2) is 16.0. The molecule has 0 bridgehead atoms. The first-order valence-electron chi connectivity index (χ1n) is 15.6. The number of methoxy groups -OCH3 is 1. The minimum atomic E-state index is -1.22. The van der Waals surface area contributed by atoms with E-state index < -0.39 is 30.5 Å². The third-order valence-electron chi connectivity index (χ3n) is 7.78. The summed E-state index contributed by atoms with van der Waals surface area (Å²) in [6.07, 6.45) is 0.179. The molecule has 0 radical (unpaired) electrons. The third kappa shape index (κ3) is 9.38. The van der Waals surface area contributed by atoms with Crippen LogP contribution in [0.5, 0.6) is 11.5 Å². The van der Waals surface area contributed by atoms with Gasteiger partial charge in [0.2, 0.25) is 0 Å². The van der Waals surface area contributed by atoms with E-state index in [1.807, 2.05) is 57.2 Å². The SMILES string of the molecule is COc1c(OCCCN(C)CCCc2ccccc2Cl)cccc1[C@@H]1O[C@@H](CC(=O)O)C(=O)N(CC(C)(C)C)c2ccc(Cl)cc21. The first-order chi connectivity index (χ1) is 21.9. The summed E-state index contributed by atoms with van der Waals surface area (Å²) in [4.78, 5) is 29.6. The van der Waals surface area contributed by atoms with Gasteiger partial charge in [-0.3, -0.25) is 9.59 Å². The second-order valence-corrected chi connectivity index (χ2v) is 13.7. The molecule has 0 unspecified atom stereocenters. The van der Waals surface area contributed by atoms with E-state index in [0.29, 0.717) is 46.5 Å². The Labute approximate surface area is 282 Å². The van der Waals surface area contributed by atoms with Gasteiger partial charge in [-0.25, -0.2) is 0 Å². The number of para-hydroxylation sites is 1. The predicted octanol–water partition coefficient (Wildman–Crippen LogP) is 7.68. The Bertz CT molecular complexity index is 1510. The molecule has 1 amide bonds. The van der Waals surface area contributed by atoms with E-state index in [0.717, 1.165) is 42.9 Å². The molecule has 1 N–H and O–H groups in total. The van der Waals surface area contributed by atoms with Crippen molar-refractivity contribution in [2.75, 3.05) is 45.3 Å². The molecule has 1 aliphatic rings. The van der Waals surface area contributed by atoms with Crippen molar-refractivity contribution in [3.8, 4) is 11.5 Å². The summed E-state index contributed by atoms with van der Waals surface area (Å²) < 4.78 is 18.5. The van der Waals surface area contributed by atoms with E-state index in [1.165, 1.54) is 0 Å². The summed E-state index contributed by atoms with van der Waals surface area (Å²) in [7, 11) is 3.65. The van der Waals surface area contributed by atoms with Crippen LogP contribution in [0.15, 0.2) is 60.7 Å². The number of ether oxygens (including phenoxy) is 3. The van der Waals surface area contributed by atoms with Gasteiger partial charge in [-0.2, -0.15) is 0 Å². The highest BCUT2D eigenvalue weighted by atomic mass is 35.5. The standard InChI is InChI=1S/C36H44Cl2N2O6/c1-36(2,3)23-40-29-17-16-25(37)21-27(29)33(46-31(35(40)43)22-32(41)42)26-13-8-15-30(34(26)44-5)45-20-10-19-39(4)18-9-12-24-11-6-7-14-28(24)38/h6-8,11,13-17,21,31,33H,9-10,12,18-20,22-23H2,1-5H3,(H,41,42)/t31-,33-/m0/s1. The Kier molecular flexibility index (Phi) is 12.4. The van der Waals surface area contributed by atoms with Crippen LogP contribution in [0.3, 0.4) is 0 Å². The van der Waals surface area contributed by atoms with E-state index >= 15 is 0 Å². The Morgan fingerprint density at radius 3 is 2.46 bits per heavy atom. The number of aliphatic carboxylic acids is 1. The molecule has 0 aliphatic carbocycles. The number of carbonyl (C=O) groups is 2. The summed E-state index contributed by atoms with van der Waals surface area (Å²) in [6, 6.07) is 18.7. The van der Waals surface area contributed by atoms with Gasteiger partial charge in [0, 0.05) is 39.9 Å². The van der Waals surface area contributed by atoms with Gasteiger partial charge in [-0.05, 0) is 74.2 Å². The van der Waals surface area contributed by atoms with Crippen molar-refractivity contribution in [3.05, 3.63) is 87.4 Å². The molecule has 3 aromatic carbocycles. The highest BCUT2D eigenvalue weighted by Crippen LogP contribution is 2.45. The number of carboxylic acid groups (broad SMARTS) is 1. The van der Waals surface area contributed by atoms with E-state index in [1.54, 1.807) is 30.2 Å². The Hall–Kier alpha value is -3.30. The molecule has 46 heavy (non-hydrogen) atoms. The number of anilines is 1. The zero-order valence-electron chi connectivity index (χ0n) is 27.2. The number of fused-ring (bicyclic) bond motifs is 1. The summed E-state index contributed by atoms with van der Waals surface area (Å²) in [5.74, 6) is -0.553. The molecule has 8 nitrogen and oxygen atoms in total. The third-order valence-corrected chi connectivity index (χ3v) is 8.38. The fourth-order valence-electron chi connectivity index (χ4n) is 5.68. The van der Waals surface area contributed by atoms with Crippen molar-refractivity contribution in [3.63, 3.8) is 0 Å². The number of halogens is 2. The minimum Gasteiger partial charge on any atom is -0.492 e. The van der Waals surface area contributed by atoms with Crippen LogP contribution in [-0.4, -0.2) is 68.4 Å². The number of hydrogen-bond acceptors (Lipinski definition) is 6. The molecule has 4 rings (SSSR count). The zero-order chi connectivity index (χ0) is 33.4. The highest BCUT2D eigenvalue weighted by molar-refractivity contribution is 6.31. The number of hydrogen-bond donors (Lipinski definition) is 1. The number of amides is 1. The van der Waals surface area contributed by atoms with Crippen molar-refractivity contribution < 1.29 is 28.9 Å². The quantitative estimate of drug-likeness (QED) is 0.176. The summed E-state index contributed by atoms with van der Waals surface area (Å²) in [6.45, 7) is 8.68. The molecular formula is C36H44Cl2N2O6. The van der Waals surface area contributed by atoms with Gasteiger partial charge < -0.3 is 29.1 Å². The first-order valence-corrected chi connectivity index (χ1v) is 16.3. The Balaban J connectivity index is 1.52. The lowest BCUT2D eigenvalue weighted by atomic mass is 9.94. The number of carboxylic acids is 1. The van der Waals surface area contributed by atoms with Crippen LogP contribution in [0, 0.1) is 5.41 Å². The van der Waals surface area contributed by atoms with Crippen molar-refractivity contribution in [1.82, 2.24) is 4.90 Å². The van der Waals surface area contributed by atoms with Gasteiger partial charge in [0.1, 0.15) is 12.2 Å². The fourth-order valence-corrected chi connectivity index (χ4v) is 6.09. The summed E-state index contributed by atoms with van der Waals surface area (Å²) >= 11 is 12.8. The number of benzene rings is 3. The molecule has 0 fully saturated rings. The Morgan fingerprint density at radius 1 is 1.02 bits per heavy atom. The maximum absolute atomic E-state index is 13.8. The topological polar surface area (TPSA) is 88.5 Å². The van der Waals surface area contributed by atoms with E-state index in [-0.39, 0.29) is 5.41 Å². The van der Waals surface area contributed by atoms with Crippen LogP contribution in [0.1, 0.15) is 62.8 Å². The van der Waals surface area contributed by atoms with Gasteiger partial charge in [-0.15, -0.1) is 0 Å². The van der Waals surface area contributed by atoms with Crippen LogP contribution in [-0.2, 0) is 20.7 Å². The lowest BCUT2D eigenvalue weighted by molar-refractivity contribution is -0.147. The average Bonchev–Trinajstić information content (AvgIpc) is 3.09. The molecule has 0 spiro atoms. The van der Waals surface area contributed by atoms with Crippen LogP contribution >= 0.6 is 23.2 Å². The maximum atomic E-state index is 13.8. The summed E-state index contributed by atoms with van der Waals surface area (Å²) in [5, 5.41) is 11.0. The van der Waals surface area contributed by atoms with Crippen molar-refractivity contribution in [2.24, 2.45) is 5.41 Å². The first kappa shape index (κ1) is 35.6. The van der Waals surface area contributed by atoms with E-state index in [4.69, 9.17) is 37.4 Å². The number of rotatable bonds is 14. The lowest BCUT2D eigenvalue weighted by Gasteiger charge is -2.31. The normalized spacial score (nSPS) is 16.7. The largest absolute Gasteiger partial charge is 0.492 e. The molecule has 1 heterocycles. The van der Waals surface area contributed by atoms with Crippen molar-refractivity contribution in [2.45, 2.75) is 58.7 Å². The molecular weight excluding hydrogens is 627 g/mol.